The number of benzene rings is 4. The van der Waals surface area contributed by atoms with Gasteiger partial charge in [-0.25, -0.2) is 9.18 Å². The first-order valence-electron chi connectivity index (χ1n) is 13.4. The van der Waals surface area contributed by atoms with Crippen molar-refractivity contribution in [1.82, 2.24) is 5.32 Å². The van der Waals surface area contributed by atoms with Crippen LogP contribution in [0.15, 0.2) is 108 Å². The Morgan fingerprint density at radius 2 is 1.57 bits per heavy atom. The summed E-state index contributed by atoms with van der Waals surface area (Å²) >= 11 is 7.41. The van der Waals surface area contributed by atoms with Crippen LogP contribution in [0.5, 0.6) is 0 Å². The van der Waals surface area contributed by atoms with Crippen LogP contribution in [0.1, 0.15) is 33.2 Å². The summed E-state index contributed by atoms with van der Waals surface area (Å²) in [5, 5.41) is 8.09. The van der Waals surface area contributed by atoms with Crippen molar-refractivity contribution in [3.63, 3.8) is 0 Å². The fourth-order valence-corrected chi connectivity index (χ4v) is 4.82. The number of carbonyl (C=O) groups excluding carboxylic acids is 4. The number of hydrogen-bond donors (Lipinski definition) is 3. The molecule has 44 heavy (non-hydrogen) atoms. The van der Waals surface area contributed by atoms with Crippen molar-refractivity contribution in [3.8, 4) is 0 Å². The van der Waals surface area contributed by atoms with Gasteiger partial charge >= 0.3 is 5.97 Å². The number of halogens is 2. The number of rotatable bonds is 11. The third-order valence-electron chi connectivity index (χ3n) is 5.96. The Hall–Kier alpha value is -4.93. The molecule has 0 saturated carbocycles. The second-order valence-corrected chi connectivity index (χ2v) is 10.6. The maximum absolute atomic E-state index is 14.6. The second kappa shape index (κ2) is 15.5. The van der Waals surface area contributed by atoms with Crippen LogP contribution < -0.4 is 16.0 Å². The van der Waals surface area contributed by atoms with Crippen molar-refractivity contribution in [2.75, 3.05) is 23.0 Å². The zero-order chi connectivity index (χ0) is 31.5. The number of thioether (sulfide) groups is 1. The van der Waals surface area contributed by atoms with E-state index in [1.165, 1.54) is 36.0 Å². The van der Waals surface area contributed by atoms with E-state index in [-0.39, 0.29) is 34.6 Å². The molecular formula is C33H27ClFN3O5S. The summed E-state index contributed by atoms with van der Waals surface area (Å²) in [7, 11) is 0. The van der Waals surface area contributed by atoms with Gasteiger partial charge in [0.15, 0.2) is 0 Å². The fraction of sp³-hybridized carbons (Fsp3) is 0.0909. The number of anilines is 2. The molecule has 0 heterocycles. The minimum atomic E-state index is -0.709. The summed E-state index contributed by atoms with van der Waals surface area (Å²) in [6.45, 7) is 1.99. The molecule has 0 fully saturated rings. The van der Waals surface area contributed by atoms with Gasteiger partial charge in [-0.3, -0.25) is 14.4 Å². The minimum Gasteiger partial charge on any atom is -0.462 e. The molecule has 4 aromatic rings. The molecule has 8 nitrogen and oxygen atoms in total. The van der Waals surface area contributed by atoms with Gasteiger partial charge in [-0.05, 0) is 79.7 Å². The maximum atomic E-state index is 14.6. The molecule has 0 aromatic heterocycles. The van der Waals surface area contributed by atoms with Crippen LogP contribution in [-0.2, 0) is 14.3 Å². The SMILES string of the molecule is CCOC(=O)c1ccc(NC(=O)CSc2cccc(NC(=O)/C(=C\c3c(F)cccc3Cl)NC(=O)c3ccccc3)c2)cc1. The molecule has 0 aliphatic rings. The Labute approximate surface area is 262 Å². The maximum Gasteiger partial charge on any atom is 0.338 e. The molecule has 3 N–H and O–H groups in total. The number of amides is 3. The number of hydrogen-bond acceptors (Lipinski definition) is 6. The van der Waals surface area contributed by atoms with E-state index in [2.05, 4.69) is 16.0 Å². The van der Waals surface area contributed by atoms with E-state index in [1.54, 1.807) is 85.8 Å². The standard InChI is InChI=1S/C33H27ClFN3O5S/c1-2-43-33(42)22-14-16-23(17-15-22)36-30(39)20-44-25-11-6-10-24(18-25)37-32(41)29(19-26-27(34)12-7-13-28(26)35)38-31(40)21-8-4-3-5-9-21/h3-19H,2,20H2,1H3,(H,36,39)(H,37,41)(H,38,40)/b29-19+. The summed E-state index contributed by atoms with van der Waals surface area (Å²) in [5.41, 5.74) is 1.31. The Kier molecular flexibility index (Phi) is 11.3. The zero-order valence-corrected chi connectivity index (χ0v) is 25.0. The predicted molar refractivity (Wildman–Crippen MR) is 170 cm³/mol. The molecule has 11 heteroatoms. The minimum absolute atomic E-state index is 0.0569. The molecule has 0 atom stereocenters. The average molecular weight is 632 g/mol. The van der Waals surface area contributed by atoms with Gasteiger partial charge in [0.05, 0.1) is 22.9 Å². The van der Waals surface area contributed by atoms with Crippen molar-refractivity contribution < 1.29 is 28.3 Å². The molecule has 4 rings (SSSR count). The van der Waals surface area contributed by atoms with Crippen molar-refractivity contribution in [3.05, 3.63) is 130 Å². The van der Waals surface area contributed by atoms with Crippen molar-refractivity contribution >= 4 is 64.5 Å². The van der Waals surface area contributed by atoms with E-state index in [0.29, 0.717) is 27.4 Å². The summed E-state index contributed by atoms with van der Waals surface area (Å²) in [5.74, 6) is -2.58. The monoisotopic (exact) mass is 631 g/mol. The van der Waals surface area contributed by atoms with Gasteiger partial charge in [-0.1, -0.05) is 41.9 Å². The number of nitrogens with one attached hydrogen (secondary N) is 3. The molecule has 0 aliphatic carbocycles. The van der Waals surface area contributed by atoms with Gasteiger partial charge in [0.1, 0.15) is 11.5 Å². The largest absolute Gasteiger partial charge is 0.462 e. The molecule has 0 aliphatic heterocycles. The Morgan fingerprint density at radius 1 is 0.841 bits per heavy atom. The van der Waals surface area contributed by atoms with E-state index in [1.807, 2.05) is 0 Å². The van der Waals surface area contributed by atoms with Gasteiger partial charge < -0.3 is 20.7 Å². The highest BCUT2D eigenvalue weighted by atomic mass is 35.5. The first-order chi connectivity index (χ1) is 21.2. The van der Waals surface area contributed by atoms with Crippen LogP contribution in [0, 0.1) is 5.82 Å². The highest BCUT2D eigenvalue weighted by Gasteiger charge is 2.17. The lowest BCUT2D eigenvalue weighted by Crippen LogP contribution is -2.30. The first kappa shape index (κ1) is 32.0. The van der Waals surface area contributed by atoms with Gasteiger partial charge in [0, 0.05) is 27.4 Å². The summed E-state index contributed by atoms with van der Waals surface area (Å²) in [4.78, 5) is 51.2. The van der Waals surface area contributed by atoms with E-state index in [0.717, 1.165) is 0 Å². The van der Waals surface area contributed by atoms with E-state index >= 15 is 0 Å². The molecule has 4 aromatic carbocycles. The van der Waals surface area contributed by atoms with Crippen LogP contribution in [0.4, 0.5) is 15.8 Å². The third-order valence-corrected chi connectivity index (χ3v) is 7.28. The number of carbonyl (C=O) groups is 4. The van der Waals surface area contributed by atoms with E-state index < -0.39 is 23.6 Å². The lowest BCUT2D eigenvalue weighted by Gasteiger charge is -2.13. The van der Waals surface area contributed by atoms with Gasteiger partial charge in [-0.2, -0.15) is 0 Å². The van der Waals surface area contributed by atoms with Crippen molar-refractivity contribution in [2.24, 2.45) is 0 Å². The van der Waals surface area contributed by atoms with Crippen LogP contribution >= 0.6 is 23.4 Å². The second-order valence-electron chi connectivity index (χ2n) is 9.13. The average Bonchev–Trinajstić information content (AvgIpc) is 3.02. The molecule has 0 bridgehead atoms. The van der Waals surface area contributed by atoms with Gasteiger partial charge in [0.25, 0.3) is 11.8 Å². The molecule has 0 spiro atoms. The zero-order valence-electron chi connectivity index (χ0n) is 23.4. The van der Waals surface area contributed by atoms with Crippen LogP contribution in [0.3, 0.4) is 0 Å². The predicted octanol–water partition coefficient (Wildman–Crippen LogP) is 6.80. The van der Waals surface area contributed by atoms with E-state index in [9.17, 15) is 23.6 Å². The molecule has 0 radical (unpaired) electrons. The molecule has 3 amide bonds. The number of esters is 1. The molecule has 224 valence electrons. The van der Waals surface area contributed by atoms with Crippen LogP contribution in [0.25, 0.3) is 6.08 Å². The summed E-state index contributed by atoms with van der Waals surface area (Å²) in [6, 6.07) is 25.5. The van der Waals surface area contributed by atoms with Crippen molar-refractivity contribution in [1.29, 1.82) is 0 Å². The van der Waals surface area contributed by atoms with Crippen LogP contribution in [0.2, 0.25) is 5.02 Å². The Morgan fingerprint density at radius 3 is 2.27 bits per heavy atom. The quantitative estimate of drug-likeness (QED) is 0.0954. The highest BCUT2D eigenvalue weighted by molar-refractivity contribution is 8.00. The lowest BCUT2D eigenvalue weighted by molar-refractivity contribution is -0.114. The van der Waals surface area contributed by atoms with Gasteiger partial charge in [0.2, 0.25) is 5.91 Å². The normalized spacial score (nSPS) is 10.9. The Bertz CT molecular complexity index is 1680. The number of ether oxygens (including phenoxy) is 1. The topological polar surface area (TPSA) is 114 Å². The fourth-order valence-electron chi connectivity index (χ4n) is 3.85. The molecular weight excluding hydrogens is 605 g/mol. The lowest BCUT2D eigenvalue weighted by atomic mass is 10.1. The third kappa shape index (κ3) is 9.03. The summed E-state index contributed by atoms with van der Waals surface area (Å²) < 4.78 is 19.5. The van der Waals surface area contributed by atoms with Gasteiger partial charge in [-0.15, -0.1) is 11.8 Å². The first-order valence-corrected chi connectivity index (χ1v) is 14.7. The molecule has 0 saturated heterocycles. The molecule has 0 unspecified atom stereocenters. The smallest absolute Gasteiger partial charge is 0.338 e. The van der Waals surface area contributed by atoms with Crippen molar-refractivity contribution in [2.45, 2.75) is 11.8 Å². The summed E-state index contributed by atoms with van der Waals surface area (Å²) in [6.07, 6.45) is 1.18. The highest BCUT2D eigenvalue weighted by Crippen LogP contribution is 2.24. The Balaban J connectivity index is 1.43. The van der Waals surface area contributed by atoms with Crippen LogP contribution in [-0.4, -0.2) is 36.1 Å². The van der Waals surface area contributed by atoms with E-state index in [4.69, 9.17) is 16.3 Å².